The Kier molecular flexibility index (Phi) is 2.39. The van der Waals surface area contributed by atoms with Gasteiger partial charge in [0.25, 0.3) is 0 Å². The number of carbonyl (C=O) groups excluding carboxylic acids is 1. The highest BCUT2D eigenvalue weighted by Gasteiger charge is 2.49. The summed E-state index contributed by atoms with van der Waals surface area (Å²) < 4.78 is 15.2. The minimum Gasteiger partial charge on any atom is -0.467 e. The van der Waals surface area contributed by atoms with Crippen molar-refractivity contribution < 1.29 is 19.0 Å². The van der Waals surface area contributed by atoms with Crippen LogP contribution in [0.1, 0.15) is 20.8 Å². The number of rotatable bonds is 1. The van der Waals surface area contributed by atoms with Crippen LogP contribution < -0.4 is 0 Å². The van der Waals surface area contributed by atoms with Crippen LogP contribution in [-0.2, 0) is 19.0 Å². The highest BCUT2D eigenvalue weighted by Crippen LogP contribution is 2.30. The molecule has 1 saturated heterocycles. The lowest BCUT2D eigenvalue weighted by molar-refractivity contribution is -0.166. The number of hydrogen-bond donors (Lipinski definition) is 0. The quantitative estimate of drug-likeness (QED) is 0.549. The van der Waals surface area contributed by atoms with Crippen molar-refractivity contribution in [2.75, 3.05) is 7.11 Å². The zero-order valence-electron chi connectivity index (χ0n) is 7.79. The number of esters is 1. The normalized spacial score (nSPS) is 41.3. The van der Waals surface area contributed by atoms with Crippen LogP contribution in [0, 0.1) is 0 Å². The summed E-state index contributed by atoms with van der Waals surface area (Å²) in [6, 6.07) is 0. The van der Waals surface area contributed by atoms with Crippen LogP contribution in [0.3, 0.4) is 0 Å². The van der Waals surface area contributed by atoms with Gasteiger partial charge in [0, 0.05) is 0 Å². The lowest BCUT2D eigenvalue weighted by Gasteiger charge is -2.22. The van der Waals surface area contributed by atoms with Gasteiger partial charge in [-0.05, 0) is 20.8 Å². The van der Waals surface area contributed by atoms with Crippen LogP contribution in [0.4, 0.5) is 0 Å². The first-order valence-electron chi connectivity index (χ1n) is 3.92. The molecular weight excluding hydrogens is 160 g/mol. The molecule has 0 N–H and O–H groups in total. The summed E-state index contributed by atoms with van der Waals surface area (Å²) in [4.78, 5) is 11.3. The number of carbonyl (C=O) groups is 1. The molecular formula is C8H14O4. The SMILES string of the molecule is COC(=O)C1(C)OC(C)OC1C. The van der Waals surface area contributed by atoms with Gasteiger partial charge in [0.15, 0.2) is 11.9 Å². The van der Waals surface area contributed by atoms with Crippen molar-refractivity contribution >= 4 is 5.97 Å². The first kappa shape index (κ1) is 9.48. The molecule has 0 amide bonds. The minimum atomic E-state index is -0.950. The highest BCUT2D eigenvalue weighted by atomic mass is 16.7. The smallest absolute Gasteiger partial charge is 0.340 e. The second-order valence-corrected chi connectivity index (χ2v) is 3.06. The molecule has 0 aromatic heterocycles. The molecule has 4 nitrogen and oxygen atoms in total. The predicted molar refractivity (Wildman–Crippen MR) is 41.5 cm³/mol. The van der Waals surface area contributed by atoms with Crippen molar-refractivity contribution in [1.82, 2.24) is 0 Å². The number of methoxy groups -OCH3 is 1. The van der Waals surface area contributed by atoms with Crippen molar-refractivity contribution in [3.63, 3.8) is 0 Å². The Balaban J connectivity index is 2.77. The topological polar surface area (TPSA) is 44.8 Å². The Labute approximate surface area is 71.8 Å². The molecule has 0 aromatic rings. The van der Waals surface area contributed by atoms with E-state index in [1.54, 1.807) is 20.8 Å². The van der Waals surface area contributed by atoms with Gasteiger partial charge in [-0.1, -0.05) is 0 Å². The summed E-state index contributed by atoms with van der Waals surface area (Å²) in [6.07, 6.45) is -0.607. The largest absolute Gasteiger partial charge is 0.467 e. The van der Waals surface area contributed by atoms with Crippen LogP contribution in [-0.4, -0.2) is 31.1 Å². The number of ether oxygens (including phenoxy) is 3. The molecule has 3 atom stereocenters. The molecule has 3 unspecified atom stereocenters. The van der Waals surface area contributed by atoms with Gasteiger partial charge in [-0.3, -0.25) is 0 Å². The van der Waals surface area contributed by atoms with Crippen molar-refractivity contribution in [3.05, 3.63) is 0 Å². The van der Waals surface area contributed by atoms with Crippen LogP contribution >= 0.6 is 0 Å². The third kappa shape index (κ3) is 1.32. The summed E-state index contributed by atoms with van der Waals surface area (Å²) in [5, 5.41) is 0. The predicted octanol–water partition coefficient (Wildman–Crippen LogP) is 0.699. The van der Waals surface area contributed by atoms with Crippen LogP contribution in [0.25, 0.3) is 0 Å². The molecule has 0 bridgehead atoms. The van der Waals surface area contributed by atoms with E-state index in [9.17, 15) is 4.79 Å². The summed E-state index contributed by atoms with van der Waals surface area (Å²) in [7, 11) is 1.34. The summed E-state index contributed by atoms with van der Waals surface area (Å²) in [6.45, 7) is 5.22. The average Bonchev–Trinajstić information content (AvgIpc) is 2.26. The maximum Gasteiger partial charge on any atom is 0.340 e. The molecule has 1 heterocycles. The fraction of sp³-hybridized carbons (Fsp3) is 0.875. The van der Waals surface area contributed by atoms with E-state index in [2.05, 4.69) is 4.74 Å². The van der Waals surface area contributed by atoms with Crippen molar-refractivity contribution in [3.8, 4) is 0 Å². The molecule has 0 aliphatic carbocycles. The fourth-order valence-electron chi connectivity index (χ4n) is 1.30. The second-order valence-electron chi connectivity index (χ2n) is 3.06. The maximum absolute atomic E-state index is 11.3. The summed E-state index contributed by atoms with van der Waals surface area (Å²) >= 11 is 0. The summed E-state index contributed by atoms with van der Waals surface area (Å²) in [5.41, 5.74) is -0.950. The standard InChI is InChI=1S/C8H14O4/c1-5-8(3,7(9)10-4)12-6(2)11-5/h5-6H,1-4H3. The molecule has 4 heteroatoms. The van der Waals surface area contributed by atoms with Crippen LogP contribution in [0.2, 0.25) is 0 Å². The third-order valence-electron chi connectivity index (χ3n) is 2.17. The molecule has 1 fully saturated rings. The monoisotopic (exact) mass is 174 g/mol. The van der Waals surface area contributed by atoms with Gasteiger partial charge in [-0.2, -0.15) is 0 Å². The minimum absolute atomic E-state index is 0.264. The van der Waals surface area contributed by atoms with Crippen molar-refractivity contribution in [2.24, 2.45) is 0 Å². The lowest BCUT2D eigenvalue weighted by atomic mass is 10.0. The third-order valence-corrected chi connectivity index (χ3v) is 2.17. The van der Waals surface area contributed by atoms with Gasteiger partial charge in [0.1, 0.15) is 0 Å². The van der Waals surface area contributed by atoms with Gasteiger partial charge in [-0.25, -0.2) is 4.79 Å². The fourth-order valence-corrected chi connectivity index (χ4v) is 1.30. The van der Waals surface area contributed by atoms with E-state index in [0.717, 1.165) is 0 Å². The molecule has 0 aromatic carbocycles. The van der Waals surface area contributed by atoms with E-state index in [4.69, 9.17) is 9.47 Å². The van der Waals surface area contributed by atoms with E-state index in [1.165, 1.54) is 7.11 Å². The second kappa shape index (κ2) is 3.03. The Morgan fingerprint density at radius 1 is 1.50 bits per heavy atom. The van der Waals surface area contributed by atoms with Crippen molar-refractivity contribution in [1.29, 1.82) is 0 Å². The first-order valence-corrected chi connectivity index (χ1v) is 3.92. The molecule has 1 rings (SSSR count). The molecule has 1 aliphatic heterocycles. The number of hydrogen-bond acceptors (Lipinski definition) is 4. The Hall–Kier alpha value is -0.610. The highest BCUT2D eigenvalue weighted by molar-refractivity contribution is 5.80. The first-order chi connectivity index (χ1) is 5.50. The Morgan fingerprint density at radius 3 is 2.42 bits per heavy atom. The van der Waals surface area contributed by atoms with E-state index in [0.29, 0.717) is 0 Å². The van der Waals surface area contributed by atoms with Gasteiger partial charge >= 0.3 is 5.97 Å². The van der Waals surface area contributed by atoms with E-state index in [-0.39, 0.29) is 18.4 Å². The molecule has 0 radical (unpaired) electrons. The molecule has 0 spiro atoms. The van der Waals surface area contributed by atoms with E-state index >= 15 is 0 Å². The van der Waals surface area contributed by atoms with Gasteiger partial charge in [0.05, 0.1) is 13.2 Å². The van der Waals surface area contributed by atoms with Gasteiger partial charge < -0.3 is 14.2 Å². The van der Waals surface area contributed by atoms with Crippen LogP contribution in [0.15, 0.2) is 0 Å². The lowest BCUT2D eigenvalue weighted by Crippen LogP contribution is -2.44. The molecule has 12 heavy (non-hydrogen) atoms. The molecule has 0 saturated carbocycles. The van der Waals surface area contributed by atoms with Gasteiger partial charge in [-0.15, -0.1) is 0 Å². The molecule has 1 aliphatic rings. The zero-order valence-corrected chi connectivity index (χ0v) is 7.79. The summed E-state index contributed by atoms with van der Waals surface area (Å²) in [5.74, 6) is -0.389. The Bertz CT molecular complexity index is 191. The zero-order chi connectivity index (χ0) is 9.35. The van der Waals surface area contributed by atoms with E-state index in [1.807, 2.05) is 0 Å². The average molecular weight is 174 g/mol. The molecule has 70 valence electrons. The maximum atomic E-state index is 11.3. The van der Waals surface area contributed by atoms with Crippen LogP contribution in [0.5, 0.6) is 0 Å². The Morgan fingerprint density at radius 2 is 2.08 bits per heavy atom. The van der Waals surface area contributed by atoms with E-state index < -0.39 is 5.60 Å². The van der Waals surface area contributed by atoms with Gasteiger partial charge in [0.2, 0.25) is 0 Å². The van der Waals surface area contributed by atoms with Crippen molar-refractivity contribution in [2.45, 2.75) is 38.8 Å².